The van der Waals surface area contributed by atoms with E-state index in [1.165, 1.54) is 0 Å². The van der Waals surface area contributed by atoms with E-state index in [1.807, 2.05) is 13.0 Å². The molecule has 0 bridgehead atoms. The summed E-state index contributed by atoms with van der Waals surface area (Å²) in [4.78, 5) is 27.2. The SMILES string of the molecule is COc1ccc(OC)c(NC(=O)[C@@H]2C[C@@H](CC(C)C)N[C@@]23C(=O)Nc2c(C)cc(Cl)cc23)c1. The van der Waals surface area contributed by atoms with Gasteiger partial charge in [-0.15, -0.1) is 0 Å². The van der Waals surface area contributed by atoms with Crippen LogP contribution in [0.25, 0.3) is 0 Å². The molecule has 8 heteroatoms. The van der Waals surface area contributed by atoms with Gasteiger partial charge in [-0.25, -0.2) is 0 Å². The Bertz CT molecular complexity index is 1100. The second-order valence-corrected chi connectivity index (χ2v) is 9.66. The number of benzene rings is 2. The van der Waals surface area contributed by atoms with Gasteiger partial charge in [-0.3, -0.25) is 14.9 Å². The number of nitrogens with one attached hydrogen (secondary N) is 3. The van der Waals surface area contributed by atoms with Crippen molar-refractivity contribution in [3.05, 3.63) is 46.5 Å². The molecule has 0 aliphatic carbocycles. The Balaban J connectivity index is 1.77. The third-order valence-corrected chi connectivity index (χ3v) is 6.75. The van der Waals surface area contributed by atoms with E-state index in [0.717, 1.165) is 23.2 Å². The van der Waals surface area contributed by atoms with Crippen LogP contribution < -0.4 is 25.4 Å². The minimum Gasteiger partial charge on any atom is -0.497 e. The largest absolute Gasteiger partial charge is 0.497 e. The predicted octanol–water partition coefficient (Wildman–Crippen LogP) is 4.48. The van der Waals surface area contributed by atoms with Gasteiger partial charge < -0.3 is 20.1 Å². The van der Waals surface area contributed by atoms with Crippen molar-refractivity contribution in [2.45, 2.75) is 45.2 Å². The van der Waals surface area contributed by atoms with Crippen molar-refractivity contribution in [1.82, 2.24) is 5.32 Å². The van der Waals surface area contributed by atoms with Crippen LogP contribution in [-0.2, 0) is 15.1 Å². The number of aryl methyl sites for hydroxylation is 1. The second kappa shape index (κ2) is 8.88. The Hall–Kier alpha value is -2.77. The number of carbonyl (C=O) groups is 2. The molecule has 3 atom stereocenters. The molecule has 2 aliphatic heterocycles. The monoisotopic (exact) mass is 471 g/mol. The lowest BCUT2D eigenvalue weighted by Gasteiger charge is -2.29. The lowest BCUT2D eigenvalue weighted by molar-refractivity contribution is -0.130. The molecule has 33 heavy (non-hydrogen) atoms. The number of hydrogen-bond donors (Lipinski definition) is 3. The number of carbonyl (C=O) groups excluding carboxylic acids is 2. The van der Waals surface area contributed by atoms with E-state index in [9.17, 15) is 9.59 Å². The summed E-state index contributed by atoms with van der Waals surface area (Å²) in [6.45, 7) is 6.17. The molecule has 7 nitrogen and oxygen atoms in total. The van der Waals surface area contributed by atoms with Crippen LogP contribution in [0.2, 0.25) is 5.02 Å². The minimum atomic E-state index is -1.19. The van der Waals surface area contributed by atoms with Crippen LogP contribution in [0.3, 0.4) is 0 Å². The summed E-state index contributed by atoms with van der Waals surface area (Å²) >= 11 is 6.39. The molecule has 2 aliphatic rings. The van der Waals surface area contributed by atoms with Gasteiger partial charge in [-0.05, 0) is 55.5 Å². The molecule has 1 saturated heterocycles. The lowest BCUT2D eigenvalue weighted by Crippen LogP contribution is -2.52. The van der Waals surface area contributed by atoms with Crippen LogP contribution in [0.1, 0.15) is 37.8 Å². The average Bonchev–Trinajstić information content (AvgIpc) is 3.27. The number of halogens is 1. The molecule has 2 aromatic rings. The fourth-order valence-electron chi connectivity index (χ4n) is 5.15. The first-order valence-corrected chi connectivity index (χ1v) is 11.5. The molecule has 2 amide bonds. The zero-order valence-electron chi connectivity index (χ0n) is 19.5. The normalized spacial score (nSPS) is 23.5. The van der Waals surface area contributed by atoms with E-state index in [0.29, 0.717) is 34.5 Å². The molecule has 0 saturated carbocycles. The number of rotatable bonds is 6. The maximum absolute atomic E-state index is 13.7. The maximum atomic E-state index is 13.7. The summed E-state index contributed by atoms with van der Waals surface area (Å²) < 4.78 is 10.7. The molecule has 0 radical (unpaired) electrons. The number of fused-ring (bicyclic) bond motifs is 2. The molecule has 3 N–H and O–H groups in total. The number of ether oxygens (including phenoxy) is 2. The predicted molar refractivity (Wildman–Crippen MR) is 129 cm³/mol. The van der Waals surface area contributed by atoms with Gasteiger partial charge in [0.05, 0.1) is 25.8 Å². The van der Waals surface area contributed by atoms with Crippen molar-refractivity contribution in [2.24, 2.45) is 11.8 Å². The highest BCUT2D eigenvalue weighted by Gasteiger charge is 2.60. The highest BCUT2D eigenvalue weighted by molar-refractivity contribution is 6.31. The van der Waals surface area contributed by atoms with Crippen molar-refractivity contribution < 1.29 is 19.1 Å². The van der Waals surface area contributed by atoms with Gasteiger partial charge >= 0.3 is 0 Å². The molecular formula is C25H30ClN3O4. The zero-order valence-corrected chi connectivity index (χ0v) is 20.3. The topological polar surface area (TPSA) is 88.7 Å². The fourth-order valence-corrected chi connectivity index (χ4v) is 5.42. The van der Waals surface area contributed by atoms with Crippen LogP contribution in [-0.4, -0.2) is 32.1 Å². The summed E-state index contributed by atoms with van der Waals surface area (Å²) in [5.41, 5.74) is 1.61. The first-order valence-electron chi connectivity index (χ1n) is 11.1. The van der Waals surface area contributed by atoms with Crippen LogP contribution >= 0.6 is 11.6 Å². The van der Waals surface area contributed by atoms with E-state index < -0.39 is 11.5 Å². The van der Waals surface area contributed by atoms with Gasteiger partial charge in [0.2, 0.25) is 11.8 Å². The molecule has 0 unspecified atom stereocenters. The van der Waals surface area contributed by atoms with Gasteiger partial charge in [0.15, 0.2) is 0 Å². The van der Waals surface area contributed by atoms with E-state index >= 15 is 0 Å². The first-order chi connectivity index (χ1) is 15.7. The molecule has 4 rings (SSSR count). The minimum absolute atomic E-state index is 0.00365. The summed E-state index contributed by atoms with van der Waals surface area (Å²) in [5.74, 6) is 0.376. The van der Waals surface area contributed by atoms with Gasteiger partial charge in [0.1, 0.15) is 17.0 Å². The van der Waals surface area contributed by atoms with Crippen LogP contribution in [0.4, 0.5) is 11.4 Å². The Labute approximate surface area is 199 Å². The second-order valence-electron chi connectivity index (χ2n) is 9.22. The molecule has 1 fully saturated rings. The standard InChI is InChI=1S/C25H30ClN3O4/c1-13(2)8-16-11-19(23(30)27-20-12-17(32-4)6-7-21(20)33-5)25(29-16)18-10-15(26)9-14(3)22(18)28-24(25)31/h6-7,9-10,12-13,16,19,29H,8,11H2,1-5H3,(H,27,30)(H,28,31)/t16-,19+,25-/m1/s1. The van der Waals surface area contributed by atoms with Gasteiger partial charge in [-0.2, -0.15) is 0 Å². The smallest absolute Gasteiger partial charge is 0.250 e. The number of amides is 2. The van der Waals surface area contributed by atoms with Gasteiger partial charge in [-0.1, -0.05) is 25.4 Å². The van der Waals surface area contributed by atoms with Crippen molar-refractivity contribution >= 4 is 34.8 Å². The Morgan fingerprint density at radius 2 is 2.00 bits per heavy atom. The van der Waals surface area contributed by atoms with Crippen molar-refractivity contribution in [3.63, 3.8) is 0 Å². The summed E-state index contributed by atoms with van der Waals surface area (Å²) in [5, 5.41) is 10.1. The van der Waals surface area contributed by atoms with Crippen molar-refractivity contribution in [1.29, 1.82) is 0 Å². The molecule has 0 aromatic heterocycles. The third-order valence-electron chi connectivity index (χ3n) is 6.53. The lowest BCUT2D eigenvalue weighted by atomic mass is 9.79. The van der Waals surface area contributed by atoms with Crippen molar-refractivity contribution in [3.8, 4) is 11.5 Å². The van der Waals surface area contributed by atoms with Crippen LogP contribution in [0.15, 0.2) is 30.3 Å². The Morgan fingerprint density at radius 1 is 1.24 bits per heavy atom. The van der Waals surface area contributed by atoms with E-state index in [2.05, 4.69) is 29.8 Å². The number of anilines is 2. The number of hydrogen-bond acceptors (Lipinski definition) is 5. The van der Waals surface area contributed by atoms with Gasteiger partial charge in [0, 0.05) is 28.4 Å². The van der Waals surface area contributed by atoms with E-state index in [1.54, 1.807) is 38.5 Å². The molecule has 2 heterocycles. The quantitative estimate of drug-likeness (QED) is 0.578. The van der Waals surface area contributed by atoms with Gasteiger partial charge in [0.25, 0.3) is 0 Å². The molecule has 1 spiro atoms. The fraction of sp³-hybridized carbons (Fsp3) is 0.440. The van der Waals surface area contributed by atoms with Crippen LogP contribution in [0, 0.1) is 18.8 Å². The maximum Gasteiger partial charge on any atom is 0.250 e. The third kappa shape index (κ3) is 4.04. The van der Waals surface area contributed by atoms with E-state index in [-0.39, 0.29) is 17.9 Å². The highest BCUT2D eigenvalue weighted by Crippen LogP contribution is 2.50. The molecule has 176 valence electrons. The number of methoxy groups -OCH3 is 2. The average molecular weight is 472 g/mol. The summed E-state index contributed by atoms with van der Waals surface area (Å²) in [6.07, 6.45) is 1.37. The highest BCUT2D eigenvalue weighted by atomic mass is 35.5. The van der Waals surface area contributed by atoms with Crippen LogP contribution in [0.5, 0.6) is 11.5 Å². The summed E-state index contributed by atoms with van der Waals surface area (Å²) in [6, 6.07) is 8.82. The molecule has 2 aromatic carbocycles. The Morgan fingerprint density at radius 3 is 2.67 bits per heavy atom. The summed E-state index contributed by atoms with van der Waals surface area (Å²) in [7, 11) is 3.10. The zero-order chi connectivity index (χ0) is 23.9. The van der Waals surface area contributed by atoms with Crippen molar-refractivity contribution in [2.75, 3.05) is 24.9 Å². The first kappa shape index (κ1) is 23.4. The molecular weight excluding hydrogens is 442 g/mol. The van der Waals surface area contributed by atoms with E-state index in [4.69, 9.17) is 21.1 Å². The Kier molecular flexibility index (Phi) is 6.29.